The molecule has 92 valence electrons. The van der Waals surface area contributed by atoms with E-state index in [2.05, 4.69) is 15.5 Å². The molecule has 2 rings (SSSR count). The number of aromatic amines is 1. The minimum Gasteiger partial charge on any atom is -0.307 e. The van der Waals surface area contributed by atoms with E-state index >= 15 is 0 Å². The molecule has 0 saturated heterocycles. The number of halogens is 1. The lowest BCUT2D eigenvalue weighted by atomic mass is 10.1. The molecule has 0 atom stereocenters. The van der Waals surface area contributed by atoms with Gasteiger partial charge in [-0.05, 0) is 6.07 Å². The second-order valence-corrected chi connectivity index (χ2v) is 3.35. The van der Waals surface area contributed by atoms with E-state index in [4.69, 9.17) is 0 Å². The van der Waals surface area contributed by atoms with Crippen LogP contribution in [0.25, 0.3) is 0 Å². The molecule has 0 saturated carbocycles. The Morgan fingerprint density at radius 3 is 2.83 bits per heavy atom. The Morgan fingerprint density at radius 2 is 2.22 bits per heavy atom. The molecule has 8 heteroatoms. The quantitative estimate of drug-likeness (QED) is 0.639. The van der Waals surface area contributed by atoms with Crippen LogP contribution in [0.1, 0.15) is 10.4 Å². The average Bonchev–Trinajstić information content (AvgIpc) is 2.81. The van der Waals surface area contributed by atoms with Crippen LogP contribution in [0.5, 0.6) is 0 Å². The lowest BCUT2D eigenvalue weighted by Gasteiger charge is -2.03. The van der Waals surface area contributed by atoms with Crippen LogP contribution in [0.4, 0.5) is 15.9 Å². The molecular weight excluding hydrogens is 243 g/mol. The minimum atomic E-state index is -0.836. The van der Waals surface area contributed by atoms with E-state index in [0.717, 1.165) is 18.2 Å². The largest absolute Gasteiger partial charge is 0.307 e. The lowest BCUT2D eigenvalue weighted by Crippen LogP contribution is -2.14. The third kappa shape index (κ3) is 2.32. The van der Waals surface area contributed by atoms with Gasteiger partial charge < -0.3 is 5.32 Å². The van der Waals surface area contributed by atoms with E-state index in [1.807, 2.05) is 0 Å². The summed E-state index contributed by atoms with van der Waals surface area (Å²) in [5.74, 6) is -1.36. The number of amides is 1. The molecule has 7 nitrogen and oxygen atoms in total. The number of carbonyl (C=O) groups is 1. The molecule has 0 fully saturated rings. The van der Waals surface area contributed by atoms with Crippen LogP contribution < -0.4 is 5.32 Å². The number of anilines is 1. The first-order valence-electron chi connectivity index (χ1n) is 4.82. The fraction of sp³-hybridized carbons (Fsp3) is 0. The van der Waals surface area contributed by atoms with E-state index in [1.54, 1.807) is 0 Å². The first-order chi connectivity index (χ1) is 8.58. The third-order valence-corrected chi connectivity index (χ3v) is 2.15. The van der Waals surface area contributed by atoms with Gasteiger partial charge in [0, 0.05) is 18.2 Å². The standard InChI is InChI=1S/C10H7FN4O3/c11-8-2-1-6(15(17)18)5-7(8)10(16)13-9-3-4-12-14-9/h1-5H,(H2,12,13,14,16). The van der Waals surface area contributed by atoms with Gasteiger partial charge in [-0.1, -0.05) is 0 Å². The highest BCUT2D eigenvalue weighted by molar-refractivity contribution is 6.04. The molecule has 1 aromatic heterocycles. The molecule has 0 bridgehead atoms. The molecule has 0 aliphatic carbocycles. The van der Waals surface area contributed by atoms with Crippen molar-refractivity contribution in [2.24, 2.45) is 0 Å². The van der Waals surface area contributed by atoms with Gasteiger partial charge >= 0.3 is 0 Å². The third-order valence-electron chi connectivity index (χ3n) is 2.15. The van der Waals surface area contributed by atoms with E-state index in [-0.39, 0.29) is 11.5 Å². The van der Waals surface area contributed by atoms with Crippen LogP contribution in [-0.2, 0) is 0 Å². The molecule has 1 heterocycles. The molecule has 2 N–H and O–H groups in total. The van der Waals surface area contributed by atoms with Crippen molar-refractivity contribution in [2.45, 2.75) is 0 Å². The van der Waals surface area contributed by atoms with Gasteiger partial charge in [-0.25, -0.2) is 4.39 Å². The number of non-ortho nitro benzene ring substituents is 1. The van der Waals surface area contributed by atoms with Crippen LogP contribution in [0.15, 0.2) is 30.5 Å². The highest BCUT2D eigenvalue weighted by Crippen LogP contribution is 2.17. The summed E-state index contributed by atoms with van der Waals surface area (Å²) in [6, 6.07) is 4.20. The smallest absolute Gasteiger partial charge is 0.270 e. The maximum atomic E-state index is 13.4. The van der Waals surface area contributed by atoms with Crippen molar-refractivity contribution >= 4 is 17.4 Å². The average molecular weight is 250 g/mol. The number of nitro benzene ring substituents is 1. The number of hydrogen-bond acceptors (Lipinski definition) is 4. The highest BCUT2D eigenvalue weighted by atomic mass is 19.1. The zero-order valence-corrected chi connectivity index (χ0v) is 8.88. The van der Waals surface area contributed by atoms with Crippen molar-refractivity contribution in [3.63, 3.8) is 0 Å². The fourth-order valence-corrected chi connectivity index (χ4v) is 1.32. The van der Waals surface area contributed by atoms with Crippen LogP contribution in [0, 0.1) is 15.9 Å². The van der Waals surface area contributed by atoms with Crippen molar-refractivity contribution < 1.29 is 14.1 Å². The first-order valence-corrected chi connectivity index (χ1v) is 4.82. The number of rotatable bonds is 3. The zero-order chi connectivity index (χ0) is 13.1. The Kier molecular flexibility index (Phi) is 3.00. The zero-order valence-electron chi connectivity index (χ0n) is 8.88. The molecule has 1 amide bonds. The summed E-state index contributed by atoms with van der Waals surface area (Å²) in [5.41, 5.74) is -0.759. The van der Waals surface area contributed by atoms with Gasteiger partial charge in [0.1, 0.15) is 11.6 Å². The summed E-state index contributed by atoms with van der Waals surface area (Å²) in [6.45, 7) is 0. The summed E-state index contributed by atoms with van der Waals surface area (Å²) in [4.78, 5) is 21.5. The summed E-state index contributed by atoms with van der Waals surface area (Å²) >= 11 is 0. The van der Waals surface area contributed by atoms with Gasteiger partial charge in [0.05, 0.1) is 16.7 Å². The van der Waals surface area contributed by atoms with Crippen molar-refractivity contribution in [1.82, 2.24) is 10.2 Å². The van der Waals surface area contributed by atoms with Crippen molar-refractivity contribution in [3.05, 3.63) is 52.0 Å². The van der Waals surface area contributed by atoms with Crippen molar-refractivity contribution in [3.8, 4) is 0 Å². The second-order valence-electron chi connectivity index (χ2n) is 3.35. The Labute approximate surface area is 99.8 Å². The predicted molar refractivity (Wildman–Crippen MR) is 59.6 cm³/mol. The number of hydrogen-bond donors (Lipinski definition) is 2. The molecule has 18 heavy (non-hydrogen) atoms. The molecule has 0 unspecified atom stereocenters. The maximum Gasteiger partial charge on any atom is 0.270 e. The van der Waals surface area contributed by atoms with Gasteiger partial charge in [0.15, 0.2) is 0 Å². The number of aromatic nitrogens is 2. The first kappa shape index (κ1) is 11.7. The summed E-state index contributed by atoms with van der Waals surface area (Å²) in [5, 5.41) is 18.9. The van der Waals surface area contributed by atoms with Gasteiger partial charge in [-0.2, -0.15) is 5.10 Å². The van der Waals surface area contributed by atoms with Gasteiger partial charge in [0.25, 0.3) is 11.6 Å². The number of carbonyl (C=O) groups excluding carboxylic acids is 1. The van der Waals surface area contributed by atoms with Gasteiger partial charge in [-0.15, -0.1) is 0 Å². The van der Waals surface area contributed by atoms with Gasteiger partial charge in [-0.3, -0.25) is 20.0 Å². The Hall–Kier alpha value is -2.77. The van der Waals surface area contributed by atoms with E-state index in [9.17, 15) is 19.3 Å². The molecule has 0 aliphatic heterocycles. The number of nitrogens with zero attached hydrogens (tertiary/aromatic N) is 2. The summed E-state index contributed by atoms with van der Waals surface area (Å²) in [6.07, 6.45) is 1.40. The second kappa shape index (κ2) is 4.62. The van der Waals surface area contributed by atoms with Crippen LogP contribution in [0.3, 0.4) is 0 Å². The molecule has 1 aromatic carbocycles. The monoisotopic (exact) mass is 250 g/mol. The Balaban J connectivity index is 2.29. The number of nitrogens with one attached hydrogen (secondary N) is 2. The van der Waals surface area contributed by atoms with Crippen LogP contribution >= 0.6 is 0 Å². The van der Waals surface area contributed by atoms with E-state index < -0.39 is 22.2 Å². The normalized spacial score (nSPS) is 10.1. The summed E-state index contributed by atoms with van der Waals surface area (Å²) in [7, 11) is 0. The maximum absolute atomic E-state index is 13.4. The number of benzene rings is 1. The molecular formula is C10H7FN4O3. The summed E-state index contributed by atoms with van der Waals surface area (Å²) < 4.78 is 13.4. The van der Waals surface area contributed by atoms with Crippen molar-refractivity contribution in [2.75, 3.05) is 5.32 Å². The lowest BCUT2D eigenvalue weighted by molar-refractivity contribution is -0.384. The Morgan fingerprint density at radius 1 is 1.44 bits per heavy atom. The molecule has 0 radical (unpaired) electrons. The topological polar surface area (TPSA) is 101 Å². The van der Waals surface area contributed by atoms with E-state index in [0.29, 0.717) is 0 Å². The molecule has 0 spiro atoms. The van der Waals surface area contributed by atoms with Crippen molar-refractivity contribution in [1.29, 1.82) is 0 Å². The van der Waals surface area contributed by atoms with Crippen LogP contribution in [0.2, 0.25) is 0 Å². The van der Waals surface area contributed by atoms with Crippen LogP contribution in [-0.4, -0.2) is 21.0 Å². The molecule has 2 aromatic rings. The number of H-pyrrole nitrogens is 1. The van der Waals surface area contributed by atoms with E-state index in [1.165, 1.54) is 12.3 Å². The van der Waals surface area contributed by atoms with Gasteiger partial charge in [0.2, 0.25) is 0 Å². The predicted octanol–water partition coefficient (Wildman–Crippen LogP) is 1.71. The highest BCUT2D eigenvalue weighted by Gasteiger charge is 2.17. The minimum absolute atomic E-state index is 0.269. The SMILES string of the molecule is O=C(Nc1ccn[nH]1)c1cc([N+](=O)[O-])ccc1F. The molecule has 0 aliphatic rings. The number of nitro groups is 1. The Bertz CT molecular complexity index is 597. The fourth-order valence-electron chi connectivity index (χ4n) is 1.32.